The molecule has 1 fully saturated rings. The summed E-state index contributed by atoms with van der Waals surface area (Å²) in [7, 11) is 0. The van der Waals surface area contributed by atoms with Crippen LogP contribution < -0.4 is 0 Å². The lowest BCUT2D eigenvalue weighted by molar-refractivity contribution is 0.426. The third-order valence-corrected chi connectivity index (χ3v) is 2.57. The number of aromatic nitrogens is 2. The number of hydrogen-bond donors (Lipinski definition) is 0. The fourth-order valence-corrected chi connectivity index (χ4v) is 1.57. The highest BCUT2D eigenvalue weighted by Crippen LogP contribution is 2.20. The molecule has 0 saturated carbocycles. The maximum atomic E-state index is 5.08. The van der Waals surface area contributed by atoms with E-state index >= 15 is 0 Å². The van der Waals surface area contributed by atoms with Crippen LogP contribution in [0.1, 0.15) is 5.56 Å². The van der Waals surface area contributed by atoms with Crippen LogP contribution in [0, 0.1) is 6.92 Å². The second-order valence-corrected chi connectivity index (χ2v) is 3.80. The second kappa shape index (κ2) is 3.41. The highest BCUT2D eigenvalue weighted by atomic mass is 32.2. The van der Waals surface area contributed by atoms with E-state index in [4.69, 9.17) is 4.74 Å². The van der Waals surface area contributed by atoms with E-state index in [0.717, 1.165) is 23.1 Å². The summed E-state index contributed by atoms with van der Waals surface area (Å²) in [5.41, 5.74) is 1.10. The summed E-state index contributed by atoms with van der Waals surface area (Å²) in [5, 5.41) is 0.844. The van der Waals surface area contributed by atoms with Crippen molar-refractivity contribution >= 4 is 11.8 Å². The van der Waals surface area contributed by atoms with Crippen LogP contribution in [-0.2, 0) is 4.74 Å². The lowest BCUT2D eigenvalue weighted by Crippen LogP contribution is -1.92. The molecular formula is C8H10N2OS. The Bertz CT molecular complexity index is 258. The van der Waals surface area contributed by atoms with Crippen LogP contribution in [0.15, 0.2) is 17.6 Å². The summed E-state index contributed by atoms with van der Waals surface area (Å²) in [6.45, 7) is 2.89. The van der Waals surface area contributed by atoms with Crippen molar-refractivity contribution in [2.24, 2.45) is 0 Å². The SMILES string of the molecule is Cc1cnc(SC[C@@H]2CO2)nc1. The molecule has 1 saturated heterocycles. The van der Waals surface area contributed by atoms with Crippen LogP contribution in [0.25, 0.3) is 0 Å². The zero-order valence-corrected chi connectivity index (χ0v) is 7.67. The van der Waals surface area contributed by atoms with Crippen molar-refractivity contribution in [1.82, 2.24) is 9.97 Å². The molecule has 2 heterocycles. The number of aryl methyl sites for hydroxylation is 1. The third-order valence-electron chi connectivity index (χ3n) is 1.56. The number of rotatable bonds is 3. The summed E-state index contributed by atoms with van der Waals surface area (Å²) in [5.74, 6) is 0.975. The Kier molecular flexibility index (Phi) is 2.28. The van der Waals surface area contributed by atoms with Crippen molar-refractivity contribution in [2.75, 3.05) is 12.4 Å². The molecule has 4 heteroatoms. The standard InChI is InChI=1S/C8H10N2OS/c1-6-2-9-8(10-3-6)12-5-7-4-11-7/h2-3,7H,4-5H2,1H3/t7-/m0/s1. The predicted octanol–water partition coefficient (Wildman–Crippen LogP) is 1.28. The van der Waals surface area contributed by atoms with Gasteiger partial charge < -0.3 is 4.74 Å². The molecule has 1 atom stereocenters. The van der Waals surface area contributed by atoms with E-state index in [0.29, 0.717) is 6.10 Å². The number of ether oxygens (including phenoxy) is 1. The van der Waals surface area contributed by atoms with Gasteiger partial charge in [-0.1, -0.05) is 11.8 Å². The summed E-state index contributed by atoms with van der Waals surface area (Å²) in [6, 6.07) is 0. The predicted molar refractivity (Wildman–Crippen MR) is 47.2 cm³/mol. The van der Waals surface area contributed by atoms with Crippen molar-refractivity contribution in [3.63, 3.8) is 0 Å². The van der Waals surface area contributed by atoms with Gasteiger partial charge in [0, 0.05) is 18.1 Å². The van der Waals surface area contributed by atoms with E-state index < -0.39 is 0 Å². The Balaban J connectivity index is 1.89. The van der Waals surface area contributed by atoms with Crippen molar-refractivity contribution < 1.29 is 4.74 Å². The molecule has 2 rings (SSSR count). The van der Waals surface area contributed by atoms with Gasteiger partial charge in [-0.2, -0.15) is 0 Å². The largest absolute Gasteiger partial charge is 0.372 e. The lowest BCUT2D eigenvalue weighted by atomic mass is 10.4. The normalized spacial score (nSPS) is 20.9. The van der Waals surface area contributed by atoms with E-state index in [2.05, 4.69) is 9.97 Å². The van der Waals surface area contributed by atoms with Gasteiger partial charge in [-0.15, -0.1) is 0 Å². The molecule has 0 bridgehead atoms. The molecule has 0 aromatic carbocycles. The molecule has 1 aromatic heterocycles. The Morgan fingerprint density at radius 2 is 2.25 bits per heavy atom. The minimum Gasteiger partial charge on any atom is -0.372 e. The van der Waals surface area contributed by atoms with Gasteiger partial charge in [0.15, 0.2) is 5.16 Å². The topological polar surface area (TPSA) is 38.3 Å². The summed E-state index contributed by atoms with van der Waals surface area (Å²) >= 11 is 1.65. The highest BCUT2D eigenvalue weighted by Gasteiger charge is 2.22. The van der Waals surface area contributed by atoms with Crippen molar-refractivity contribution in [3.05, 3.63) is 18.0 Å². The van der Waals surface area contributed by atoms with E-state index in [-0.39, 0.29) is 0 Å². The van der Waals surface area contributed by atoms with E-state index in [1.54, 1.807) is 11.8 Å². The van der Waals surface area contributed by atoms with Gasteiger partial charge in [0.2, 0.25) is 0 Å². The summed E-state index contributed by atoms with van der Waals surface area (Å²) in [4.78, 5) is 8.35. The maximum absolute atomic E-state index is 5.08. The number of thioether (sulfide) groups is 1. The molecule has 0 N–H and O–H groups in total. The second-order valence-electron chi connectivity index (χ2n) is 2.81. The Morgan fingerprint density at radius 3 is 2.83 bits per heavy atom. The van der Waals surface area contributed by atoms with Gasteiger partial charge in [0.1, 0.15) is 0 Å². The number of nitrogens with zero attached hydrogens (tertiary/aromatic N) is 2. The summed E-state index contributed by atoms with van der Waals surface area (Å²) in [6.07, 6.45) is 4.12. The molecule has 64 valence electrons. The zero-order valence-electron chi connectivity index (χ0n) is 6.86. The lowest BCUT2D eigenvalue weighted by Gasteiger charge is -1.96. The van der Waals surface area contributed by atoms with E-state index in [9.17, 15) is 0 Å². The first-order valence-electron chi connectivity index (χ1n) is 3.87. The Hall–Kier alpha value is -0.610. The van der Waals surface area contributed by atoms with Gasteiger partial charge >= 0.3 is 0 Å². The van der Waals surface area contributed by atoms with Crippen LogP contribution >= 0.6 is 11.8 Å². The van der Waals surface area contributed by atoms with Gasteiger partial charge in [0.05, 0.1) is 12.7 Å². The van der Waals surface area contributed by atoms with Crippen LogP contribution in [-0.4, -0.2) is 28.4 Å². The minimum atomic E-state index is 0.444. The smallest absolute Gasteiger partial charge is 0.187 e. The van der Waals surface area contributed by atoms with E-state index in [1.165, 1.54) is 0 Å². The molecule has 3 nitrogen and oxygen atoms in total. The van der Waals surface area contributed by atoms with E-state index in [1.807, 2.05) is 19.3 Å². The maximum Gasteiger partial charge on any atom is 0.187 e. The Labute approximate surface area is 75.6 Å². The number of epoxide rings is 1. The minimum absolute atomic E-state index is 0.444. The molecule has 1 aliphatic rings. The van der Waals surface area contributed by atoms with Gasteiger partial charge in [-0.05, 0) is 12.5 Å². The van der Waals surface area contributed by atoms with Crippen molar-refractivity contribution in [2.45, 2.75) is 18.2 Å². The van der Waals surface area contributed by atoms with Gasteiger partial charge in [-0.25, -0.2) is 9.97 Å². The molecule has 0 unspecified atom stereocenters. The monoisotopic (exact) mass is 182 g/mol. The fraction of sp³-hybridized carbons (Fsp3) is 0.500. The van der Waals surface area contributed by atoms with Crippen molar-refractivity contribution in [3.8, 4) is 0 Å². The van der Waals surface area contributed by atoms with Crippen LogP contribution in [0.5, 0.6) is 0 Å². The molecule has 0 radical (unpaired) electrons. The van der Waals surface area contributed by atoms with Gasteiger partial charge in [0.25, 0.3) is 0 Å². The number of hydrogen-bond acceptors (Lipinski definition) is 4. The van der Waals surface area contributed by atoms with Gasteiger partial charge in [-0.3, -0.25) is 0 Å². The molecule has 12 heavy (non-hydrogen) atoms. The first-order chi connectivity index (χ1) is 5.84. The summed E-state index contributed by atoms with van der Waals surface area (Å²) < 4.78 is 5.08. The molecule has 0 aliphatic carbocycles. The third kappa shape index (κ3) is 2.19. The average molecular weight is 182 g/mol. The first kappa shape index (κ1) is 8.01. The zero-order chi connectivity index (χ0) is 8.39. The highest BCUT2D eigenvalue weighted by molar-refractivity contribution is 7.99. The Morgan fingerprint density at radius 1 is 1.58 bits per heavy atom. The molecule has 1 aliphatic heterocycles. The van der Waals surface area contributed by atoms with Crippen LogP contribution in [0.4, 0.5) is 0 Å². The quantitative estimate of drug-likeness (QED) is 0.401. The molecular weight excluding hydrogens is 172 g/mol. The molecule has 1 aromatic rings. The average Bonchev–Trinajstić information content (AvgIpc) is 2.87. The first-order valence-corrected chi connectivity index (χ1v) is 4.86. The van der Waals surface area contributed by atoms with Crippen LogP contribution in [0.2, 0.25) is 0 Å². The van der Waals surface area contributed by atoms with Crippen molar-refractivity contribution in [1.29, 1.82) is 0 Å². The fourth-order valence-electron chi connectivity index (χ4n) is 0.787. The van der Waals surface area contributed by atoms with Crippen LogP contribution in [0.3, 0.4) is 0 Å². The molecule has 0 spiro atoms. The molecule has 0 amide bonds.